The van der Waals surface area contributed by atoms with E-state index in [1.807, 2.05) is 29.6 Å². The number of thiazole rings is 1. The third-order valence-electron chi connectivity index (χ3n) is 5.14. The first-order chi connectivity index (χ1) is 15.1. The van der Waals surface area contributed by atoms with Crippen molar-refractivity contribution >= 4 is 44.7 Å². The molecule has 3 aromatic carbocycles. The Morgan fingerprint density at radius 3 is 2.84 bits per heavy atom. The number of nitrogens with one attached hydrogen (secondary N) is 2. The van der Waals surface area contributed by atoms with Gasteiger partial charge in [0.1, 0.15) is 5.75 Å². The Labute approximate surface area is 182 Å². The molecular weight excluding hydrogens is 410 g/mol. The topological polar surface area (TPSA) is 80.3 Å². The zero-order valence-corrected chi connectivity index (χ0v) is 17.4. The van der Waals surface area contributed by atoms with Crippen molar-refractivity contribution in [2.45, 2.75) is 12.8 Å². The molecule has 0 radical (unpaired) electrons. The number of fused-ring (bicyclic) bond motifs is 2. The van der Waals surface area contributed by atoms with E-state index in [-0.39, 0.29) is 18.4 Å². The van der Waals surface area contributed by atoms with Crippen molar-refractivity contribution in [2.24, 2.45) is 0 Å². The number of hydrogen-bond donors (Lipinski definition) is 2. The SMILES string of the molecule is O=C(COc1ccc2c(c1)CCC(=O)N2)Nc1nc(-c2ccc3ccccc3c2)cs1. The molecule has 0 unspecified atom stereocenters. The van der Waals surface area contributed by atoms with E-state index in [2.05, 4.69) is 39.9 Å². The molecule has 1 aliphatic heterocycles. The lowest BCUT2D eigenvalue weighted by Crippen LogP contribution is -2.21. The number of benzene rings is 3. The third kappa shape index (κ3) is 4.27. The Kier molecular flexibility index (Phi) is 5.09. The lowest BCUT2D eigenvalue weighted by molar-refractivity contribution is -0.118. The van der Waals surface area contributed by atoms with Gasteiger partial charge < -0.3 is 10.1 Å². The van der Waals surface area contributed by atoms with Crippen LogP contribution in [0.15, 0.2) is 66.0 Å². The molecule has 0 saturated carbocycles. The van der Waals surface area contributed by atoms with Gasteiger partial charge in [-0.2, -0.15) is 0 Å². The summed E-state index contributed by atoms with van der Waals surface area (Å²) in [5.74, 6) is 0.346. The fourth-order valence-electron chi connectivity index (χ4n) is 3.57. The number of hydrogen-bond acceptors (Lipinski definition) is 5. The molecule has 0 saturated heterocycles. The molecule has 0 bridgehead atoms. The van der Waals surface area contributed by atoms with Gasteiger partial charge in [0, 0.05) is 23.1 Å². The summed E-state index contributed by atoms with van der Waals surface area (Å²) in [5, 5.41) is 10.4. The number of amides is 2. The molecule has 2 amide bonds. The van der Waals surface area contributed by atoms with Gasteiger partial charge in [0.25, 0.3) is 5.91 Å². The van der Waals surface area contributed by atoms with Crippen LogP contribution in [0.5, 0.6) is 5.75 Å². The Morgan fingerprint density at radius 1 is 1.06 bits per heavy atom. The molecule has 0 atom stereocenters. The molecule has 7 heteroatoms. The van der Waals surface area contributed by atoms with E-state index in [9.17, 15) is 9.59 Å². The highest BCUT2D eigenvalue weighted by Gasteiger charge is 2.15. The van der Waals surface area contributed by atoms with Gasteiger partial charge in [0.05, 0.1) is 5.69 Å². The van der Waals surface area contributed by atoms with Crippen LogP contribution in [0.2, 0.25) is 0 Å². The molecule has 0 fully saturated rings. The first kappa shape index (κ1) is 19.3. The maximum atomic E-state index is 12.3. The Morgan fingerprint density at radius 2 is 1.94 bits per heavy atom. The van der Waals surface area contributed by atoms with E-state index in [4.69, 9.17) is 4.74 Å². The summed E-state index contributed by atoms with van der Waals surface area (Å²) in [6.45, 7) is -0.115. The highest BCUT2D eigenvalue weighted by atomic mass is 32.1. The van der Waals surface area contributed by atoms with Gasteiger partial charge in [-0.05, 0) is 47.0 Å². The predicted molar refractivity (Wildman–Crippen MR) is 123 cm³/mol. The number of nitrogens with zero attached hydrogens (tertiary/aromatic N) is 1. The average molecular weight is 430 g/mol. The molecule has 1 aromatic heterocycles. The minimum atomic E-state index is -0.273. The van der Waals surface area contributed by atoms with E-state index in [0.717, 1.165) is 27.9 Å². The molecule has 1 aliphatic rings. The molecule has 0 aliphatic carbocycles. The van der Waals surface area contributed by atoms with Gasteiger partial charge >= 0.3 is 0 Å². The fourth-order valence-corrected chi connectivity index (χ4v) is 4.30. The minimum absolute atomic E-state index is 0.0204. The van der Waals surface area contributed by atoms with Gasteiger partial charge in [-0.3, -0.25) is 14.9 Å². The molecule has 2 N–H and O–H groups in total. The number of aromatic nitrogens is 1. The van der Waals surface area contributed by atoms with Gasteiger partial charge in [0.15, 0.2) is 11.7 Å². The number of carbonyl (C=O) groups excluding carboxylic acids is 2. The second-order valence-corrected chi connectivity index (χ2v) is 8.16. The van der Waals surface area contributed by atoms with E-state index >= 15 is 0 Å². The third-order valence-corrected chi connectivity index (χ3v) is 5.90. The van der Waals surface area contributed by atoms with Crippen molar-refractivity contribution in [3.05, 3.63) is 71.6 Å². The molecule has 2 heterocycles. The van der Waals surface area contributed by atoms with Gasteiger partial charge in [-0.15, -0.1) is 11.3 Å². The highest BCUT2D eigenvalue weighted by molar-refractivity contribution is 7.14. The summed E-state index contributed by atoms with van der Waals surface area (Å²) in [5.41, 5.74) is 3.64. The van der Waals surface area contributed by atoms with Crippen molar-refractivity contribution in [2.75, 3.05) is 17.2 Å². The van der Waals surface area contributed by atoms with Crippen LogP contribution in [0.25, 0.3) is 22.0 Å². The van der Waals surface area contributed by atoms with E-state index in [1.165, 1.54) is 16.7 Å². The zero-order chi connectivity index (χ0) is 21.2. The zero-order valence-electron chi connectivity index (χ0n) is 16.6. The minimum Gasteiger partial charge on any atom is -0.484 e. The van der Waals surface area contributed by atoms with Gasteiger partial charge in [0.2, 0.25) is 5.91 Å². The number of rotatable bonds is 5. The van der Waals surface area contributed by atoms with Crippen molar-refractivity contribution < 1.29 is 14.3 Å². The van der Waals surface area contributed by atoms with Crippen molar-refractivity contribution in [3.63, 3.8) is 0 Å². The number of carbonyl (C=O) groups is 2. The maximum Gasteiger partial charge on any atom is 0.264 e. The Bertz CT molecular complexity index is 1300. The summed E-state index contributed by atoms with van der Waals surface area (Å²) in [7, 11) is 0. The van der Waals surface area contributed by atoms with Gasteiger partial charge in [-0.25, -0.2) is 4.98 Å². The quantitative estimate of drug-likeness (QED) is 0.475. The number of anilines is 2. The largest absolute Gasteiger partial charge is 0.484 e. The summed E-state index contributed by atoms with van der Waals surface area (Å²) in [4.78, 5) is 28.3. The van der Waals surface area contributed by atoms with Crippen LogP contribution in [0.3, 0.4) is 0 Å². The summed E-state index contributed by atoms with van der Waals surface area (Å²) >= 11 is 1.38. The van der Waals surface area contributed by atoms with E-state index < -0.39 is 0 Å². The van der Waals surface area contributed by atoms with Crippen molar-refractivity contribution in [1.82, 2.24) is 4.98 Å². The average Bonchev–Trinajstić information content (AvgIpc) is 3.25. The molecule has 4 aromatic rings. The van der Waals surface area contributed by atoms with Crippen LogP contribution in [-0.2, 0) is 16.0 Å². The Balaban J connectivity index is 1.21. The molecule has 31 heavy (non-hydrogen) atoms. The van der Waals surface area contributed by atoms with Crippen LogP contribution in [0.1, 0.15) is 12.0 Å². The molecule has 154 valence electrons. The van der Waals surface area contributed by atoms with Crippen molar-refractivity contribution in [1.29, 1.82) is 0 Å². The number of aryl methyl sites for hydroxylation is 1. The van der Waals surface area contributed by atoms with Gasteiger partial charge in [-0.1, -0.05) is 36.4 Å². The lowest BCUT2D eigenvalue weighted by Gasteiger charge is -2.17. The van der Waals surface area contributed by atoms with Crippen LogP contribution < -0.4 is 15.4 Å². The predicted octanol–water partition coefficient (Wildman–Crippen LogP) is 4.87. The molecular formula is C24H19N3O3S. The maximum absolute atomic E-state index is 12.3. The van der Waals surface area contributed by atoms with E-state index in [0.29, 0.717) is 23.7 Å². The van der Waals surface area contributed by atoms with Crippen LogP contribution >= 0.6 is 11.3 Å². The second-order valence-electron chi connectivity index (χ2n) is 7.30. The molecule has 6 nitrogen and oxygen atoms in total. The van der Waals surface area contributed by atoms with E-state index in [1.54, 1.807) is 12.1 Å². The standard InChI is InChI=1S/C24H19N3O3S/c28-22-10-7-18-12-19(8-9-20(18)25-22)30-13-23(29)27-24-26-21(14-31-24)17-6-5-15-3-1-2-4-16(15)11-17/h1-6,8-9,11-12,14H,7,10,13H2,(H,25,28)(H,26,27,29). The summed E-state index contributed by atoms with van der Waals surface area (Å²) in [6.07, 6.45) is 1.13. The second kappa shape index (κ2) is 8.20. The first-order valence-corrected chi connectivity index (χ1v) is 10.8. The molecule has 5 rings (SSSR count). The van der Waals surface area contributed by atoms with Crippen LogP contribution in [-0.4, -0.2) is 23.4 Å². The van der Waals surface area contributed by atoms with Crippen LogP contribution in [0, 0.1) is 0 Å². The fraction of sp³-hybridized carbons (Fsp3) is 0.125. The molecule has 0 spiro atoms. The lowest BCUT2D eigenvalue weighted by atomic mass is 10.0. The number of ether oxygens (including phenoxy) is 1. The van der Waals surface area contributed by atoms with Crippen LogP contribution in [0.4, 0.5) is 10.8 Å². The smallest absolute Gasteiger partial charge is 0.264 e. The Hall–Kier alpha value is -3.71. The summed E-state index contributed by atoms with van der Waals surface area (Å²) in [6, 6.07) is 19.8. The highest BCUT2D eigenvalue weighted by Crippen LogP contribution is 2.28. The first-order valence-electron chi connectivity index (χ1n) is 9.94. The van der Waals surface area contributed by atoms with Crippen molar-refractivity contribution in [3.8, 4) is 17.0 Å². The monoisotopic (exact) mass is 429 g/mol. The summed E-state index contributed by atoms with van der Waals surface area (Å²) < 4.78 is 5.62. The normalized spacial score (nSPS) is 12.8.